The summed E-state index contributed by atoms with van der Waals surface area (Å²) in [5.74, 6) is 0.664. The molecule has 0 radical (unpaired) electrons. The molecular weight excluding hydrogens is 252 g/mol. The number of benzene rings is 1. The summed E-state index contributed by atoms with van der Waals surface area (Å²) < 4.78 is 11.4. The lowest BCUT2D eigenvalue weighted by molar-refractivity contribution is -0.00283. The molecule has 4 nitrogen and oxygen atoms in total. The van der Waals surface area contributed by atoms with Crippen molar-refractivity contribution in [1.82, 2.24) is 4.90 Å². The third kappa shape index (κ3) is 4.52. The van der Waals surface area contributed by atoms with Gasteiger partial charge in [-0.25, -0.2) is 0 Å². The first-order valence-electron chi connectivity index (χ1n) is 7.21. The summed E-state index contributed by atoms with van der Waals surface area (Å²) in [6, 6.07) is 9.48. The predicted octanol–water partition coefficient (Wildman–Crippen LogP) is 2.44. The molecule has 1 heterocycles. The second-order valence-electron chi connectivity index (χ2n) is 5.21. The number of hydrogen-bond acceptors (Lipinski definition) is 4. The van der Waals surface area contributed by atoms with Crippen LogP contribution in [0.4, 0.5) is 0 Å². The zero-order valence-corrected chi connectivity index (χ0v) is 12.0. The van der Waals surface area contributed by atoms with E-state index < -0.39 is 0 Å². The maximum Gasteiger partial charge on any atom is 0.137 e. The fraction of sp³-hybridized carbons (Fsp3) is 0.562. The summed E-state index contributed by atoms with van der Waals surface area (Å²) in [5.41, 5.74) is 0.589. The Bertz CT molecular complexity index is 450. The molecule has 4 heteroatoms. The van der Waals surface area contributed by atoms with Crippen molar-refractivity contribution in [1.29, 1.82) is 5.26 Å². The molecule has 1 fully saturated rings. The predicted molar refractivity (Wildman–Crippen MR) is 77.7 cm³/mol. The molecule has 2 rings (SSSR count). The standard InChI is InChI=1S/C16H22N2O2/c1-18(13-15-7-4-5-10-19-15)9-11-20-16-8-3-2-6-14(16)12-17/h2-3,6,8,15H,4-5,7,9-11,13H2,1H3. The molecule has 1 aliphatic heterocycles. The number of nitrogens with zero attached hydrogens (tertiary/aromatic N) is 2. The number of rotatable bonds is 6. The Morgan fingerprint density at radius 1 is 1.40 bits per heavy atom. The SMILES string of the molecule is CN(CCOc1ccccc1C#N)CC1CCCCO1. The Balaban J connectivity index is 1.71. The first-order chi connectivity index (χ1) is 9.79. The highest BCUT2D eigenvalue weighted by atomic mass is 16.5. The second kappa shape index (κ2) is 7.88. The fourth-order valence-electron chi connectivity index (χ4n) is 2.39. The fourth-order valence-corrected chi connectivity index (χ4v) is 2.39. The van der Waals surface area contributed by atoms with Crippen LogP contribution >= 0.6 is 0 Å². The van der Waals surface area contributed by atoms with Gasteiger partial charge in [0.1, 0.15) is 18.4 Å². The van der Waals surface area contributed by atoms with Gasteiger partial charge in [-0.05, 0) is 38.4 Å². The quantitative estimate of drug-likeness (QED) is 0.799. The van der Waals surface area contributed by atoms with Crippen LogP contribution in [0.1, 0.15) is 24.8 Å². The van der Waals surface area contributed by atoms with Crippen LogP contribution in [0.15, 0.2) is 24.3 Å². The van der Waals surface area contributed by atoms with Crippen LogP contribution in [0.5, 0.6) is 5.75 Å². The van der Waals surface area contributed by atoms with Gasteiger partial charge in [0, 0.05) is 19.7 Å². The number of para-hydroxylation sites is 1. The number of ether oxygens (including phenoxy) is 2. The molecule has 0 amide bonds. The summed E-state index contributed by atoms with van der Waals surface area (Å²) in [6.07, 6.45) is 3.97. The molecule has 1 aromatic rings. The van der Waals surface area contributed by atoms with Crippen molar-refractivity contribution in [2.45, 2.75) is 25.4 Å². The van der Waals surface area contributed by atoms with E-state index in [9.17, 15) is 0 Å². The Labute approximate surface area is 120 Å². The van der Waals surface area contributed by atoms with Gasteiger partial charge < -0.3 is 14.4 Å². The number of likely N-dealkylation sites (N-methyl/N-ethyl adjacent to an activating group) is 1. The van der Waals surface area contributed by atoms with E-state index in [1.54, 1.807) is 6.07 Å². The van der Waals surface area contributed by atoms with Gasteiger partial charge in [-0.1, -0.05) is 12.1 Å². The molecule has 0 saturated carbocycles. The maximum absolute atomic E-state index is 8.99. The Morgan fingerprint density at radius 2 is 2.25 bits per heavy atom. The largest absolute Gasteiger partial charge is 0.491 e. The molecule has 1 unspecified atom stereocenters. The van der Waals surface area contributed by atoms with Crippen molar-refractivity contribution in [2.24, 2.45) is 0 Å². The third-order valence-corrected chi connectivity index (χ3v) is 3.53. The summed E-state index contributed by atoms with van der Waals surface area (Å²) in [6.45, 7) is 3.26. The Hall–Kier alpha value is -1.57. The van der Waals surface area contributed by atoms with Crippen molar-refractivity contribution in [3.63, 3.8) is 0 Å². The molecule has 0 N–H and O–H groups in total. The summed E-state index contributed by atoms with van der Waals surface area (Å²) in [4.78, 5) is 2.23. The van der Waals surface area contributed by atoms with Crippen LogP contribution in [-0.4, -0.2) is 44.4 Å². The zero-order valence-electron chi connectivity index (χ0n) is 12.0. The lowest BCUT2D eigenvalue weighted by Crippen LogP contribution is -2.35. The normalized spacial score (nSPS) is 18.8. The molecule has 1 saturated heterocycles. The average molecular weight is 274 g/mol. The highest BCUT2D eigenvalue weighted by Crippen LogP contribution is 2.16. The third-order valence-electron chi connectivity index (χ3n) is 3.53. The van der Waals surface area contributed by atoms with E-state index >= 15 is 0 Å². The van der Waals surface area contributed by atoms with Gasteiger partial charge in [-0.15, -0.1) is 0 Å². The Kier molecular flexibility index (Phi) is 5.85. The minimum Gasteiger partial charge on any atom is -0.491 e. The molecule has 1 atom stereocenters. The van der Waals surface area contributed by atoms with E-state index in [1.165, 1.54) is 12.8 Å². The van der Waals surface area contributed by atoms with Crippen LogP contribution in [-0.2, 0) is 4.74 Å². The zero-order chi connectivity index (χ0) is 14.2. The van der Waals surface area contributed by atoms with Crippen LogP contribution < -0.4 is 4.74 Å². The topological polar surface area (TPSA) is 45.5 Å². The van der Waals surface area contributed by atoms with E-state index in [0.717, 1.165) is 26.1 Å². The van der Waals surface area contributed by atoms with E-state index in [1.807, 2.05) is 18.2 Å². The van der Waals surface area contributed by atoms with Gasteiger partial charge >= 0.3 is 0 Å². The minimum absolute atomic E-state index is 0.361. The first-order valence-corrected chi connectivity index (χ1v) is 7.21. The molecule has 20 heavy (non-hydrogen) atoms. The Morgan fingerprint density at radius 3 is 3.00 bits per heavy atom. The van der Waals surface area contributed by atoms with Gasteiger partial charge in [-0.2, -0.15) is 5.26 Å². The van der Waals surface area contributed by atoms with E-state index in [4.69, 9.17) is 14.7 Å². The number of hydrogen-bond donors (Lipinski definition) is 0. The number of nitriles is 1. The smallest absolute Gasteiger partial charge is 0.137 e. The molecule has 0 aromatic heterocycles. The minimum atomic E-state index is 0.361. The van der Waals surface area contributed by atoms with Crippen LogP contribution in [0, 0.1) is 11.3 Å². The summed E-state index contributed by atoms with van der Waals surface area (Å²) >= 11 is 0. The van der Waals surface area contributed by atoms with Crippen LogP contribution in [0.3, 0.4) is 0 Å². The van der Waals surface area contributed by atoms with E-state index in [-0.39, 0.29) is 0 Å². The molecular formula is C16H22N2O2. The van der Waals surface area contributed by atoms with Gasteiger partial charge in [0.05, 0.1) is 11.7 Å². The lowest BCUT2D eigenvalue weighted by Gasteiger charge is -2.27. The van der Waals surface area contributed by atoms with Crippen molar-refractivity contribution >= 4 is 0 Å². The summed E-state index contributed by atoms with van der Waals surface area (Å²) in [5, 5.41) is 8.99. The van der Waals surface area contributed by atoms with Gasteiger partial charge in [0.25, 0.3) is 0 Å². The van der Waals surface area contributed by atoms with Crippen molar-refractivity contribution < 1.29 is 9.47 Å². The van der Waals surface area contributed by atoms with Crippen molar-refractivity contribution in [3.8, 4) is 11.8 Å². The van der Waals surface area contributed by atoms with E-state index in [2.05, 4.69) is 18.0 Å². The first kappa shape index (κ1) is 14.8. The van der Waals surface area contributed by atoms with E-state index in [0.29, 0.717) is 24.0 Å². The molecule has 1 aliphatic rings. The molecule has 1 aromatic carbocycles. The summed E-state index contributed by atoms with van der Waals surface area (Å²) in [7, 11) is 2.08. The molecule has 0 spiro atoms. The second-order valence-corrected chi connectivity index (χ2v) is 5.21. The highest BCUT2D eigenvalue weighted by molar-refractivity contribution is 5.42. The van der Waals surface area contributed by atoms with Crippen LogP contribution in [0.25, 0.3) is 0 Å². The van der Waals surface area contributed by atoms with Gasteiger partial charge in [0.2, 0.25) is 0 Å². The molecule has 0 aliphatic carbocycles. The lowest BCUT2D eigenvalue weighted by atomic mass is 10.1. The average Bonchev–Trinajstić information content (AvgIpc) is 2.49. The molecule has 0 bridgehead atoms. The monoisotopic (exact) mass is 274 g/mol. The molecule has 108 valence electrons. The van der Waals surface area contributed by atoms with Crippen LogP contribution in [0.2, 0.25) is 0 Å². The van der Waals surface area contributed by atoms with Gasteiger partial charge in [0.15, 0.2) is 0 Å². The van der Waals surface area contributed by atoms with Gasteiger partial charge in [-0.3, -0.25) is 0 Å². The highest BCUT2D eigenvalue weighted by Gasteiger charge is 2.15. The van der Waals surface area contributed by atoms with Crippen molar-refractivity contribution in [2.75, 3.05) is 33.4 Å². The maximum atomic E-state index is 8.99. The van der Waals surface area contributed by atoms with Crippen molar-refractivity contribution in [3.05, 3.63) is 29.8 Å².